The number of amides is 2. The molecular weight excluding hydrogens is 368 g/mol. The number of aryl methyl sites for hydroxylation is 1. The zero-order valence-electron chi connectivity index (χ0n) is 18.4. The van der Waals surface area contributed by atoms with Gasteiger partial charge in [-0.05, 0) is 52.4 Å². The van der Waals surface area contributed by atoms with E-state index >= 15 is 0 Å². The van der Waals surface area contributed by atoms with E-state index in [4.69, 9.17) is 14.7 Å². The van der Waals surface area contributed by atoms with Gasteiger partial charge in [0.1, 0.15) is 12.4 Å². The summed E-state index contributed by atoms with van der Waals surface area (Å²) < 4.78 is 5.52. The average Bonchev–Trinajstić information content (AvgIpc) is 3.14. The molecule has 1 atom stereocenters. The fourth-order valence-corrected chi connectivity index (χ4v) is 4.02. The lowest BCUT2D eigenvalue weighted by atomic mass is 10.0. The fraction of sp³-hybridized carbons (Fsp3) is 0.727. The third-order valence-corrected chi connectivity index (χ3v) is 5.70. The molecule has 0 aromatic carbocycles. The van der Waals surface area contributed by atoms with E-state index in [1.807, 2.05) is 30.6 Å². The minimum absolute atomic E-state index is 0.0165. The van der Waals surface area contributed by atoms with E-state index in [1.54, 1.807) is 0 Å². The first-order valence-electron chi connectivity index (χ1n) is 10.9. The van der Waals surface area contributed by atoms with Gasteiger partial charge >= 0.3 is 0 Å². The highest BCUT2D eigenvalue weighted by Crippen LogP contribution is 2.34. The predicted octanol–water partition coefficient (Wildman–Crippen LogP) is 3.20. The van der Waals surface area contributed by atoms with Gasteiger partial charge in [0, 0.05) is 30.8 Å². The molecule has 0 bridgehead atoms. The molecule has 0 N–H and O–H groups in total. The van der Waals surface area contributed by atoms with Gasteiger partial charge in [0.25, 0.3) is 0 Å². The number of carbonyl (C=O) groups excluding carboxylic acids is 2. The topological polar surface area (TPSA) is 75.6 Å². The van der Waals surface area contributed by atoms with Crippen molar-refractivity contribution in [1.29, 1.82) is 0 Å². The maximum Gasteiger partial charge on any atom is 0.249 e. The van der Waals surface area contributed by atoms with Crippen molar-refractivity contribution in [3.8, 4) is 0 Å². The van der Waals surface area contributed by atoms with Crippen molar-refractivity contribution in [3.05, 3.63) is 17.1 Å². The lowest BCUT2D eigenvalue weighted by Crippen LogP contribution is -2.39. The van der Waals surface area contributed by atoms with Gasteiger partial charge in [-0.1, -0.05) is 13.8 Å². The summed E-state index contributed by atoms with van der Waals surface area (Å²) in [5.41, 5.74) is 1.99. The highest BCUT2D eigenvalue weighted by Gasteiger charge is 2.35. The number of carbonyl (C=O) groups is 2. The van der Waals surface area contributed by atoms with E-state index in [1.165, 1.54) is 0 Å². The van der Waals surface area contributed by atoms with Crippen molar-refractivity contribution in [2.45, 2.75) is 78.9 Å². The standard InChI is InChI=1S/C22H34N4O3/c1-14(2)10-12-26-19(27)9-8-17-16(5)23-21(24-22(17)26)18-7-6-11-25(18)20(28)13-29-15(3)4/h14-15,18H,6-13H2,1-5H3/t18-/m0/s1. The Bertz CT molecular complexity index is 763. The number of rotatable bonds is 7. The Kier molecular flexibility index (Phi) is 6.88. The number of hydrogen-bond acceptors (Lipinski definition) is 5. The monoisotopic (exact) mass is 402 g/mol. The summed E-state index contributed by atoms with van der Waals surface area (Å²) in [7, 11) is 0. The molecule has 2 aliphatic rings. The van der Waals surface area contributed by atoms with Crippen LogP contribution in [0.3, 0.4) is 0 Å². The van der Waals surface area contributed by atoms with Gasteiger partial charge in [-0.3, -0.25) is 14.5 Å². The summed E-state index contributed by atoms with van der Waals surface area (Å²) in [6.45, 7) is 11.6. The first kappa shape index (κ1) is 21.7. The molecule has 3 heterocycles. The highest BCUT2D eigenvalue weighted by molar-refractivity contribution is 5.95. The van der Waals surface area contributed by atoms with Gasteiger partial charge in [0.15, 0.2) is 5.82 Å². The quantitative estimate of drug-likeness (QED) is 0.700. The van der Waals surface area contributed by atoms with E-state index in [2.05, 4.69) is 13.8 Å². The third-order valence-electron chi connectivity index (χ3n) is 5.70. The summed E-state index contributed by atoms with van der Waals surface area (Å²) in [4.78, 5) is 38.6. The van der Waals surface area contributed by atoms with Crippen molar-refractivity contribution in [2.24, 2.45) is 5.92 Å². The molecule has 160 valence electrons. The number of fused-ring (bicyclic) bond motifs is 1. The van der Waals surface area contributed by atoms with Crippen LogP contribution in [0.2, 0.25) is 0 Å². The lowest BCUT2D eigenvalue weighted by molar-refractivity contribution is -0.138. The normalized spacial score (nSPS) is 19.4. The zero-order chi connectivity index (χ0) is 21.1. The maximum absolute atomic E-state index is 12.7. The summed E-state index contributed by atoms with van der Waals surface area (Å²) in [5, 5.41) is 0. The number of aromatic nitrogens is 2. The molecule has 2 amide bonds. The number of likely N-dealkylation sites (tertiary alicyclic amines) is 1. The number of hydrogen-bond donors (Lipinski definition) is 0. The van der Waals surface area contributed by atoms with Gasteiger partial charge in [0.05, 0.1) is 12.1 Å². The van der Waals surface area contributed by atoms with Crippen LogP contribution in [-0.2, 0) is 20.7 Å². The molecule has 0 spiro atoms. The summed E-state index contributed by atoms with van der Waals surface area (Å²) >= 11 is 0. The predicted molar refractivity (Wildman–Crippen MR) is 112 cm³/mol. The SMILES string of the molecule is Cc1nc([C@@H]2CCCN2C(=O)COC(C)C)nc2c1CCC(=O)N2CCC(C)C. The first-order valence-corrected chi connectivity index (χ1v) is 10.9. The molecule has 3 rings (SSSR count). The lowest BCUT2D eigenvalue weighted by Gasteiger charge is -2.31. The third kappa shape index (κ3) is 4.94. The minimum Gasteiger partial charge on any atom is -0.369 e. The smallest absolute Gasteiger partial charge is 0.249 e. The summed E-state index contributed by atoms with van der Waals surface area (Å²) in [6.07, 6.45) is 3.91. The van der Waals surface area contributed by atoms with Crippen molar-refractivity contribution >= 4 is 17.6 Å². The number of ether oxygens (including phenoxy) is 1. The summed E-state index contributed by atoms with van der Waals surface area (Å²) in [6, 6.07) is -0.147. The van der Waals surface area contributed by atoms with Crippen LogP contribution in [0.4, 0.5) is 5.82 Å². The molecule has 1 aromatic heterocycles. The second kappa shape index (κ2) is 9.20. The average molecular weight is 403 g/mol. The van der Waals surface area contributed by atoms with E-state index < -0.39 is 0 Å². The molecule has 0 radical (unpaired) electrons. The second-order valence-corrected chi connectivity index (χ2v) is 8.80. The second-order valence-electron chi connectivity index (χ2n) is 8.80. The Labute approximate surface area is 173 Å². The van der Waals surface area contributed by atoms with Crippen LogP contribution in [0.25, 0.3) is 0 Å². The van der Waals surface area contributed by atoms with Crippen LogP contribution in [-0.4, -0.2) is 52.5 Å². The number of anilines is 1. The molecule has 29 heavy (non-hydrogen) atoms. The van der Waals surface area contributed by atoms with Crippen LogP contribution in [0, 0.1) is 12.8 Å². The zero-order valence-corrected chi connectivity index (χ0v) is 18.4. The molecule has 1 aromatic rings. The van der Waals surface area contributed by atoms with Gasteiger partial charge in [0.2, 0.25) is 11.8 Å². The largest absolute Gasteiger partial charge is 0.369 e. The van der Waals surface area contributed by atoms with Crippen LogP contribution >= 0.6 is 0 Å². The van der Waals surface area contributed by atoms with Crippen molar-refractivity contribution in [2.75, 3.05) is 24.6 Å². The van der Waals surface area contributed by atoms with Gasteiger partial charge in [-0.15, -0.1) is 0 Å². The molecule has 2 aliphatic heterocycles. The van der Waals surface area contributed by atoms with Crippen LogP contribution < -0.4 is 4.90 Å². The molecule has 7 heteroatoms. The highest BCUT2D eigenvalue weighted by atomic mass is 16.5. The molecule has 0 aliphatic carbocycles. The molecular formula is C22H34N4O3. The Hall–Kier alpha value is -2.02. The molecule has 1 saturated heterocycles. The molecule has 1 fully saturated rings. The van der Waals surface area contributed by atoms with Crippen molar-refractivity contribution in [1.82, 2.24) is 14.9 Å². The van der Waals surface area contributed by atoms with E-state index in [-0.39, 0.29) is 30.6 Å². The Morgan fingerprint density at radius 2 is 1.97 bits per heavy atom. The van der Waals surface area contributed by atoms with Gasteiger partial charge in [-0.25, -0.2) is 9.97 Å². The van der Waals surface area contributed by atoms with E-state index in [0.29, 0.717) is 37.7 Å². The van der Waals surface area contributed by atoms with E-state index in [9.17, 15) is 9.59 Å². The van der Waals surface area contributed by atoms with Crippen LogP contribution in [0.15, 0.2) is 0 Å². The van der Waals surface area contributed by atoms with Gasteiger partial charge in [-0.2, -0.15) is 0 Å². The van der Waals surface area contributed by atoms with Crippen molar-refractivity contribution < 1.29 is 14.3 Å². The Morgan fingerprint density at radius 3 is 2.66 bits per heavy atom. The van der Waals surface area contributed by atoms with Gasteiger partial charge < -0.3 is 9.64 Å². The molecule has 0 saturated carbocycles. The molecule has 0 unspecified atom stereocenters. The van der Waals surface area contributed by atoms with E-state index in [0.717, 1.165) is 36.3 Å². The minimum atomic E-state index is -0.147. The van der Waals surface area contributed by atoms with Crippen molar-refractivity contribution in [3.63, 3.8) is 0 Å². The fourth-order valence-electron chi connectivity index (χ4n) is 4.02. The number of nitrogens with zero attached hydrogens (tertiary/aromatic N) is 4. The Morgan fingerprint density at radius 1 is 1.21 bits per heavy atom. The maximum atomic E-state index is 12.7. The summed E-state index contributed by atoms with van der Waals surface area (Å²) in [5.74, 6) is 2.03. The van der Waals surface area contributed by atoms with Crippen LogP contribution in [0.5, 0.6) is 0 Å². The Balaban J connectivity index is 1.88. The van der Waals surface area contributed by atoms with Crippen LogP contribution in [0.1, 0.15) is 76.5 Å². The first-order chi connectivity index (χ1) is 13.8. The molecule has 7 nitrogen and oxygen atoms in total.